The molecular weight excluding hydrogens is 280 g/mol. The van der Waals surface area contributed by atoms with Crippen molar-refractivity contribution in [1.29, 1.82) is 0 Å². The molecule has 5 heteroatoms. The predicted molar refractivity (Wildman–Crippen MR) is 84.1 cm³/mol. The van der Waals surface area contributed by atoms with Crippen molar-refractivity contribution in [3.63, 3.8) is 0 Å². The average molecular weight is 304 g/mol. The minimum absolute atomic E-state index is 0.0760. The quantitative estimate of drug-likeness (QED) is 0.785. The first-order chi connectivity index (χ1) is 10.5. The fraction of sp³-hybridized carbons (Fsp3) is 0.529. The SMILES string of the molecule is CC(C)(C(=O)NCc1ccccc1)C(=O)NCC1CCCO1. The van der Waals surface area contributed by atoms with Crippen molar-refractivity contribution in [3.8, 4) is 0 Å². The molecule has 1 fully saturated rings. The summed E-state index contributed by atoms with van der Waals surface area (Å²) < 4.78 is 5.47. The van der Waals surface area contributed by atoms with Crippen LogP contribution >= 0.6 is 0 Å². The van der Waals surface area contributed by atoms with Crippen LogP contribution in [0, 0.1) is 5.41 Å². The zero-order valence-corrected chi connectivity index (χ0v) is 13.2. The van der Waals surface area contributed by atoms with Crippen molar-refractivity contribution < 1.29 is 14.3 Å². The Labute approximate surface area is 131 Å². The molecular formula is C17H24N2O3. The van der Waals surface area contributed by atoms with E-state index in [0.29, 0.717) is 13.1 Å². The first-order valence-corrected chi connectivity index (χ1v) is 7.72. The molecule has 1 aliphatic heterocycles. The Morgan fingerprint density at radius 3 is 2.50 bits per heavy atom. The zero-order valence-electron chi connectivity index (χ0n) is 13.2. The van der Waals surface area contributed by atoms with Crippen LogP contribution in [0.1, 0.15) is 32.3 Å². The Morgan fingerprint density at radius 1 is 1.18 bits per heavy atom. The van der Waals surface area contributed by atoms with Crippen LogP contribution in [0.2, 0.25) is 0 Å². The number of carbonyl (C=O) groups excluding carboxylic acids is 2. The number of rotatable bonds is 6. The maximum Gasteiger partial charge on any atom is 0.235 e. The number of amides is 2. The lowest BCUT2D eigenvalue weighted by Gasteiger charge is -2.23. The van der Waals surface area contributed by atoms with Crippen LogP contribution in [0.5, 0.6) is 0 Å². The monoisotopic (exact) mass is 304 g/mol. The van der Waals surface area contributed by atoms with E-state index >= 15 is 0 Å². The molecule has 1 atom stereocenters. The molecule has 1 heterocycles. The summed E-state index contributed by atoms with van der Waals surface area (Å²) >= 11 is 0. The third kappa shape index (κ3) is 4.31. The van der Waals surface area contributed by atoms with E-state index in [1.54, 1.807) is 13.8 Å². The van der Waals surface area contributed by atoms with Crippen LogP contribution in [0.15, 0.2) is 30.3 Å². The van der Waals surface area contributed by atoms with Gasteiger partial charge in [-0.25, -0.2) is 0 Å². The third-order valence-electron chi connectivity index (χ3n) is 3.95. The van der Waals surface area contributed by atoms with Gasteiger partial charge in [0.2, 0.25) is 11.8 Å². The molecule has 5 nitrogen and oxygen atoms in total. The molecule has 1 unspecified atom stereocenters. The first kappa shape index (κ1) is 16.5. The van der Waals surface area contributed by atoms with Crippen LogP contribution in [-0.2, 0) is 20.9 Å². The van der Waals surface area contributed by atoms with E-state index in [1.807, 2.05) is 30.3 Å². The van der Waals surface area contributed by atoms with Gasteiger partial charge in [-0.3, -0.25) is 9.59 Å². The second-order valence-corrected chi connectivity index (χ2v) is 6.14. The van der Waals surface area contributed by atoms with Gasteiger partial charge in [-0.1, -0.05) is 30.3 Å². The summed E-state index contributed by atoms with van der Waals surface area (Å²) in [6.07, 6.45) is 2.06. The molecule has 1 aliphatic rings. The molecule has 0 aliphatic carbocycles. The Bertz CT molecular complexity index is 508. The Morgan fingerprint density at radius 2 is 1.86 bits per heavy atom. The lowest BCUT2D eigenvalue weighted by molar-refractivity contribution is -0.141. The normalized spacial score (nSPS) is 18.0. The fourth-order valence-corrected chi connectivity index (χ4v) is 2.34. The van der Waals surface area contributed by atoms with Gasteiger partial charge in [0.15, 0.2) is 0 Å². The lowest BCUT2D eigenvalue weighted by Crippen LogP contribution is -2.49. The second-order valence-electron chi connectivity index (χ2n) is 6.14. The minimum Gasteiger partial charge on any atom is -0.376 e. The highest BCUT2D eigenvalue weighted by molar-refractivity contribution is 6.04. The molecule has 2 rings (SSSR count). The van der Waals surface area contributed by atoms with Gasteiger partial charge in [0.25, 0.3) is 0 Å². The van der Waals surface area contributed by atoms with E-state index in [2.05, 4.69) is 10.6 Å². The maximum absolute atomic E-state index is 12.3. The summed E-state index contributed by atoms with van der Waals surface area (Å²) in [4.78, 5) is 24.5. The Hall–Kier alpha value is -1.88. The highest BCUT2D eigenvalue weighted by Crippen LogP contribution is 2.17. The van der Waals surface area contributed by atoms with Crippen molar-refractivity contribution in [2.45, 2.75) is 39.3 Å². The van der Waals surface area contributed by atoms with Gasteiger partial charge in [0, 0.05) is 19.7 Å². The van der Waals surface area contributed by atoms with Crippen LogP contribution in [0.25, 0.3) is 0 Å². The molecule has 0 saturated carbocycles. The van der Waals surface area contributed by atoms with E-state index in [0.717, 1.165) is 25.0 Å². The van der Waals surface area contributed by atoms with Gasteiger partial charge in [0.1, 0.15) is 5.41 Å². The number of carbonyl (C=O) groups is 2. The molecule has 0 bridgehead atoms. The second kappa shape index (κ2) is 7.40. The average Bonchev–Trinajstić information content (AvgIpc) is 3.04. The van der Waals surface area contributed by atoms with Gasteiger partial charge >= 0.3 is 0 Å². The number of ether oxygens (including phenoxy) is 1. The number of benzene rings is 1. The first-order valence-electron chi connectivity index (χ1n) is 7.72. The Balaban J connectivity index is 1.81. The van der Waals surface area contributed by atoms with E-state index in [-0.39, 0.29) is 17.9 Å². The number of hydrogen-bond acceptors (Lipinski definition) is 3. The lowest BCUT2D eigenvalue weighted by atomic mass is 9.91. The highest BCUT2D eigenvalue weighted by atomic mass is 16.5. The molecule has 0 aromatic heterocycles. The van der Waals surface area contributed by atoms with Crippen LogP contribution in [-0.4, -0.2) is 31.1 Å². The summed E-state index contributed by atoms with van der Waals surface area (Å²) in [5, 5.41) is 5.64. The van der Waals surface area contributed by atoms with Gasteiger partial charge in [0.05, 0.1) is 6.10 Å². The van der Waals surface area contributed by atoms with Crippen LogP contribution in [0.3, 0.4) is 0 Å². The molecule has 22 heavy (non-hydrogen) atoms. The zero-order chi connectivity index (χ0) is 16.0. The highest BCUT2D eigenvalue weighted by Gasteiger charge is 2.36. The van der Waals surface area contributed by atoms with Crippen molar-refractivity contribution in [2.75, 3.05) is 13.2 Å². The van der Waals surface area contributed by atoms with Gasteiger partial charge in [-0.2, -0.15) is 0 Å². The predicted octanol–water partition coefficient (Wildman–Crippen LogP) is 1.62. The molecule has 2 N–H and O–H groups in total. The van der Waals surface area contributed by atoms with Crippen LogP contribution < -0.4 is 10.6 Å². The van der Waals surface area contributed by atoms with Crippen LogP contribution in [0.4, 0.5) is 0 Å². The molecule has 120 valence electrons. The number of hydrogen-bond donors (Lipinski definition) is 2. The van der Waals surface area contributed by atoms with Gasteiger partial charge in [-0.05, 0) is 32.3 Å². The fourth-order valence-electron chi connectivity index (χ4n) is 2.34. The van der Waals surface area contributed by atoms with E-state index in [1.165, 1.54) is 0 Å². The van der Waals surface area contributed by atoms with Crippen molar-refractivity contribution >= 4 is 11.8 Å². The Kier molecular flexibility index (Phi) is 5.55. The summed E-state index contributed by atoms with van der Waals surface area (Å²) in [7, 11) is 0. The van der Waals surface area contributed by atoms with Crippen molar-refractivity contribution in [1.82, 2.24) is 10.6 Å². The molecule has 0 spiro atoms. The van der Waals surface area contributed by atoms with Crippen molar-refractivity contribution in [2.24, 2.45) is 5.41 Å². The molecule has 1 saturated heterocycles. The van der Waals surface area contributed by atoms with Gasteiger partial charge < -0.3 is 15.4 Å². The molecule has 2 amide bonds. The molecule has 1 aromatic rings. The van der Waals surface area contributed by atoms with E-state index in [9.17, 15) is 9.59 Å². The number of nitrogens with one attached hydrogen (secondary N) is 2. The maximum atomic E-state index is 12.3. The van der Waals surface area contributed by atoms with Gasteiger partial charge in [-0.15, -0.1) is 0 Å². The van der Waals surface area contributed by atoms with Crippen molar-refractivity contribution in [3.05, 3.63) is 35.9 Å². The standard InChI is InChI=1S/C17H24N2O3/c1-17(2,16(21)19-12-14-9-6-10-22-14)15(20)18-11-13-7-4-3-5-8-13/h3-5,7-8,14H,6,9-12H2,1-2H3,(H,18,20)(H,19,21). The third-order valence-corrected chi connectivity index (χ3v) is 3.95. The summed E-state index contributed by atoms with van der Waals surface area (Å²) in [5.41, 5.74) is -0.0978. The van der Waals surface area contributed by atoms with E-state index < -0.39 is 5.41 Å². The van der Waals surface area contributed by atoms with E-state index in [4.69, 9.17) is 4.74 Å². The largest absolute Gasteiger partial charge is 0.376 e. The summed E-state index contributed by atoms with van der Waals surface area (Å²) in [6.45, 7) is 4.91. The minimum atomic E-state index is -1.10. The molecule has 0 radical (unpaired) electrons. The molecule has 1 aromatic carbocycles. The summed E-state index contributed by atoms with van der Waals surface area (Å²) in [5.74, 6) is -0.547. The smallest absolute Gasteiger partial charge is 0.235 e. The summed E-state index contributed by atoms with van der Waals surface area (Å²) in [6, 6.07) is 9.63. The topological polar surface area (TPSA) is 67.4 Å².